The number of pyridine rings is 1. The molecule has 4 heteroatoms. The first kappa shape index (κ1) is 15.7. The number of nitrogens with zero attached hydrogens (tertiary/aromatic N) is 1. The summed E-state index contributed by atoms with van der Waals surface area (Å²) < 4.78 is 0. The van der Waals surface area contributed by atoms with E-state index in [1.807, 2.05) is 19.2 Å². The molecule has 21 heavy (non-hydrogen) atoms. The van der Waals surface area contributed by atoms with Crippen LogP contribution in [-0.4, -0.2) is 16.8 Å². The molecule has 0 spiro atoms. The fourth-order valence-corrected chi connectivity index (χ4v) is 2.84. The molecule has 3 nitrogen and oxygen atoms in total. The van der Waals surface area contributed by atoms with Crippen molar-refractivity contribution in [2.45, 2.75) is 32.2 Å². The molecular weight excluding hydrogens is 284 g/mol. The fourth-order valence-electron chi connectivity index (χ4n) is 2.84. The summed E-state index contributed by atoms with van der Waals surface area (Å²) in [7, 11) is 0. The molecule has 1 heterocycles. The van der Waals surface area contributed by atoms with Gasteiger partial charge in [0.2, 0.25) is 0 Å². The molecule has 0 bridgehead atoms. The average molecular weight is 303 g/mol. The zero-order valence-corrected chi connectivity index (χ0v) is 12.8. The first-order valence-electron chi connectivity index (χ1n) is 6.97. The number of carbonyl (C=O) groups is 1. The maximum absolute atomic E-state index is 12.1. The van der Waals surface area contributed by atoms with Gasteiger partial charge in [-0.3, -0.25) is 9.78 Å². The van der Waals surface area contributed by atoms with E-state index in [1.54, 1.807) is 0 Å². The summed E-state index contributed by atoms with van der Waals surface area (Å²) in [5, 5.41) is 0. The van der Waals surface area contributed by atoms with E-state index in [4.69, 9.17) is 5.73 Å². The van der Waals surface area contributed by atoms with E-state index in [0.29, 0.717) is 6.42 Å². The lowest BCUT2D eigenvalue weighted by Crippen LogP contribution is -2.30. The van der Waals surface area contributed by atoms with Crippen LogP contribution in [0, 0.1) is 6.92 Å². The minimum Gasteiger partial charge on any atom is -0.321 e. The Balaban J connectivity index is 0.00000161. The van der Waals surface area contributed by atoms with Crippen molar-refractivity contribution in [3.05, 3.63) is 53.3 Å². The van der Waals surface area contributed by atoms with Crippen molar-refractivity contribution in [3.8, 4) is 11.1 Å². The Morgan fingerprint density at radius 2 is 2.10 bits per heavy atom. The number of hydrogen-bond acceptors (Lipinski definition) is 3. The number of rotatable bonds is 1. The zero-order chi connectivity index (χ0) is 14.1. The monoisotopic (exact) mass is 302 g/mol. The molecule has 1 aromatic carbocycles. The van der Waals surface area contributed by atoms with Gasteiger partial charge in [-0.1, -0.05) is 18.2 Å². The van der Waals surface area contributed by atoms with Crippen LogP contribution in [0.5, 0.6) is 0 Å². The number of Topliss-reactive ketones (excluding diaryl/α,β-unsaturated/α-hetero) is 1. The largest absolute Gasteiger partial charge is 0.321 e. The van der Waals surface area contributed by atoms with Crippen LogP contribution in [0.4, 0.5) is 0 Å². The van der Waals surface area contributed by atoms with Crippen molar-refractivity contribution in [1.82, 2.24) is 4.98 Å². The summed E-state index contributed by atoms with van der Waals surface area (Å²) in [6.07, 6.45) is 3.87. The summed E-state index contributed by atoms with van der Waals surface area (Å²) in [5.41, 5.74) is 11.5. The number of fused-ring (bicyclic) bond motifs is 1. The second-order valence-electron chi connectivity index (χ2n) is 5.42. The van der Waals surface area contributed by atoms with Gasteiger partial charge in [0.15, 0.2) is 5.78 Å². The smallest absolute Gasteiger partial charge is 0.153 e. The van der Waals surface area contributed by atoms with Crippen molar-refractivity contribution in [2.75, 3.05) is 0 Å². The Morgan fingerprint density at radius 1 is 1.29 bits per heavy atom. The van der Waals surface area contributed by atoms with Crippen molar-refractivity contribution < 1.29 is 4.79 Å². The van der Waals surface area contributed by atoms with Crippen LogP contribution in [0.2, 0.25) is 0 Å². The van der Waals surface area contributed by atoms with Crippen LogP contribution >= 0.6 is 12.4 Å². The molecular formula is C17H19ClN2O. The SMILES string of the molecule is Cc1cc(-c2cccc3c2CC(=O)C(N)CC3)ccn1.Cl. The second kappa shape index (κ2) is 6.37. The Bertz CT molecular complexity index is 670. The highest BCUT2D eigenvalue weighted by molar-refractivity contribution is 5.89. The molecule has 1 unspecified atom stereocenters. The van der Waals surface area contributed by atoms with E-state index < -0.39 is 0 Å². The van der Waals surface area contributed by atoms with Gasteiger partial charge in [-0.15, -0.1) is 12.4 Å². The first-order valence-corrected chi connectivity index (χ1v) is 6.97. The number of benzene rings is 1. The van der Waals surface area contributed by atoms with Gasteiger partial charge in [0, 0.05) is 18.3 Å². The molecule has 1 aliphatic rings. The lowest BCUT2D eigenvalue weighted by molar-refractivity contribution is -0.119. The lowest BCUT2D eigenvalue weighted by Gasteiger charge is -2.12. The summed E-state index contributed by atoms with van der Waals surface area (Å²) in [6.45, 7) is 1.98. The zero-order valence-electron chi connectivity index (χ0n) is 12.0. The number of nitrogens with two attached hydrogens (primary N) is 1. The molecule has 0 aliphatic heterocycles. The van der Waals surface area contributed by atoms with Crippen molar-refractivity contribution in [1.29, 1.82) is 0 Å². The number of ketones is 1. The number of hydrogen-bond donors (Lipinski definition) is 1. The Morgan fingerprint density at radius 3 is 2.86 bits per heavy atom. The minimum absolute atomic E-state index is 0. The highest BCUT2D eigenvalue weighted by Gasteiger charge is 2.22. The maximum Gasteiger partial charge on any atom is 0.153 e. The van der Waals surface area contributed by atoms with Gasteiger partial charge in [-0.05, 0) is 54.2 Å². The molecule has 2 N–H and O–H groups in total. The Labute approximate surface area is 131 Å². The van der Waals surface area contributed by atoms with Gasteiger partial charge in [-0.25, -0.2) is 0 Å². The van der Waals surface area contributed by atoms with Crippen LogP contribution in [0.15, 0.2) is 36.5 Å². The topological polar surface area (TPSA) is 56.0 Å². The molecule has 0 saturated carbocycles. The van der Waals surface area contributed by atoms with E-state index in [0.717, 1.165) is 35.2 Å². The third kappa shape index (κ3) is 3.14. The van der Waals surface area contributed by atoms with Gasteiger partial charge in [-0.2, -0.15) is 0 Å². The van der Waals surface area contributed by atoms with E-state index in [2.05, 4.69) is 29.2 Å². The molecule has 0 saturated heterocycles. The predicted molar refractivity (Wildman–Crippen MR) is 86.7 cm³/mol. The maximum atomic E-state index is 12.1. The fraction of sp³-hybridized carbons (Fsp3) is 0.294. The summed E-state index contributed by atoms with van der Waals surface area (Å²) in [5.74, 6) is 0.141. The van der Waals surface area contributed by atoms with Gasteiger partial charge < -0.3 is 5.73 Å². The second-order valence-corrected chi connectivity index (χ2v) is 5.42. The van der Waals surface area contributed by atoms with Crippen molar-refractivity contribution in [3.63, 3.8) is 0 Å². The number of carbonyl (C=O) groups excluding carboxylic acids is 1. The average Bonchev–Trinajstić information content (AvgIpc) is 2.59. The Kier molecular flexibility index (Phi) is 4.76. The molecule has 1 aliphatic carbocycles. The van der Waals surface area contributed by atoms with Crippen LogP contribution in [0.25, 0.3) is 11.1 Å². The third-order valence-corrected chi connectivity index (χ3v) is 3.97. The quantitative estimate of drug-likeness (QED) is 0.824. The number of aryl methyl sites for hydroxylation is 2. The molecule has 1 atom stereocenters. The van der Waals surface area contributed by atoms with E-state index in [-0.39, 0.29) is 24.2 Å². The summed E-state index contributed by atoms with van der Waals surface area (Å²) >= 11 is 0. The first-order chi connectivity index (χ1) is 9.65. The normalized spacial score (nSPS) is 17.6. The number of aromatic nitrogens is 1. The third-order valence-electron chi connectivity index (χ3n) is 3.97. The Hall–Kier alpha value is -1.71. The highest BCUT2D eigenvalue weighted by Crippen LogP contribution is 2.30. The minimum atomic E-state index is -0.325. The van der Waals surface area contributed by atoms with Gasteiger partial charge in [0.05, 0.1) is 6.04 Å². The van der Waals surface area contributed by atoms with Crippen LogP contribution in [-0.2, 0) is 17.6 Å². The molecule has 110 valence electrons. The van der Waals surface area contributed by atoms with Gasteiger partial charge in [0.25, 0.3) is 0 Å². The summed E-state index contributed by atoms with van der Waals surface area (Å²) in [4.78, 5) is 16.3. The van der Waals surface area contributed by atoms with Crippen LogP contribution < -0.4 is 5.73 Å². The standard InChI is InChI=1S/C17H18N2O.ClH/c1-11-9-13(7-8-19-11)14-4-2-3-12-5-6-16(18)17(20)10-15(12)14;/h2-4,7-9,16H,5-6,10,18H2,1H3;1H. The van der Waals surface area contributed by atoms with E-state index in [9.17, 15) is 4.79 Å². The van der Waals surface area contributed by atoms with Crippen LogP contribution in [0.1, 0.15) is 23.2 Å². The molecule has 1 aromatic heterocycles. The molecule has 3 rings (SSSR count). The van der Waals surface area contributed by atoms with Crippen molar-refractivity contribution >= 4 is 18.2 Å². The van der Waals surface area contributed by atoms with Gasteiger partial charge in [0.1, 0.15) is 0 Å². The lowest BCUT2D eigenvalue weighted by atomic mass is 9.92. The van der Waals surface area contributed by atoms with E-state index in [1.165, 1.54) is 5.56 Å². The van der Waals surface area contributed by atoms with Crippen LogP contribution in [0.3, 0.4) is 0 Å². The predicted octanol–water partition coefficient (Wildman–Crippen LogP) is 2.86. The molecule has 0 amide bonds. The molecule has 2 aromatic rings. The van der Waals surface area contributed by atoms with E-state index >= 15 is 0 Å². The molecule has 0 fully saturated rings. The summed E-state index contributed by atoms with van der Waals surface area (Å²) in [6, 6.07) is 9.98. The number of halogens is 1. The molecule has 0 radical (unpaired) electrons. The van der Waals surface area contributed by atoms with Crippen molar-refractivity contribution in [2.24, 2.45) is 5.73 Å². The van der Waals surface area contributed by atoms with Gasteiger partial charge >= 0.3 is 0 Å². The highest BCUT2D eigenvalue weighted by atomic mass is 35.5.